The lowest BCUT2D eigenvalue weighted by atomic mass is 9.94. The molecular weight excluding hydrogens is 422 g/mol. The van der Waals surface area contributed by atoms with Gasteiger partial charge in [0.15, 0.2) is 0 Å². The van der Waals surface area contributed by atoms with Gasteiger partial charge in [0.25, 0.3) is 11.7 Å². The number of aliphatic hydroxyl groups excluding tert-OH is 1. The molecule has 0 saturated carbocycles. The van der Waals surface area contributed by atoms with E-state index in [-0.39, 0.29) is 35.3 Å². The van der Waals surface area contributed by atoms with Crippen LogP contribution in [0.1, 0.15) is 30.0 Å². The number of aliphatic hydroxyl groups is 1. The van der Waals surface area contributed by atoms with Crippen molar-refractivity contribution in [2.24, 2.45) is 0 Å². The van der Waals surface area contributed by atoms with Gasteiger partial charge in [-0.25, -0.2) is 0 Å². The van der Waals surface area contributed by atoms with Crippen LogP contribution < -0.4 is 4.74 Å². The summed E-state index contributed by atoms with van der Waals surface area (Å²) in [5.41, 5.74) is 0.615. The molecule has 2 atom stereocenters. The van der Waals surface area contributed by atoms with Crippen LogP contribution in [-0.2, 0) is 14.3 Å². The molecule has 4 rings (SSSR count). The van der Waals surface area contributed by atoms with Crippen molar-refractivity contribution in [2.45, 2.75) is 25.0 Å². The number of carbonyl (C=O) groups is 2. The third-order valence-electron chi connectivity index (χ3n) is 5.57. The van der Waals surface area contributed by atoms with Crippen molar-refractivity contribution in [3.8, 4) is 11.5 Å². The maximum Gasteiger partial charge on any atom is 0.295 e. The van der Waals surface area contributed by atoms with Crippen LogP contribution in [0.4, 0.5) is 0 Å². The number of phenolic OH excluding ortho intramolecular Hbond substituents is 1. The molecule has 0 bridgehead atoms. The summed E-state index contributed by atoms with van der Waals surface area (Å²) in [6, 6.07) is 10.0. The van der Waals surface area contributed by atoms with Crippen LogP contribution in [-0.4, -0.2) is 53.2 Å². The number of nitrogens with zero attached hydrogens (tertiary/aromatic N) is 1. The van der Waals surface area contributed by atoms with E-state index in [9.17, 15) is 19.8 Å². The topological polar surface area (TPSA) is 96.3 Å². The van der Waals surface area contributed by atoms with Gasteiger partial charge in [-0.3, -0.25) is 9.59 Å². The molecule has 2 aliphatic heterocycles. The molecule has 0 aliphatic carbocycles. The first kappa shape index (κ1) is 21.2. The predicted octanol–water partition coefficient (Wildman–Crippen LogP) is 3.65. The summed E-state index contributed by atoms with van der Waals surface area (Å²) in [5.74, 6) is -1.64. The summed E-state index contributed by atoms with van der Waals surface area (Å²) in [7, 11) is 1.43. The third kappa shape index (κ3) is 3.98. The molecule has 0 aromatic heterocycles. The Bertz CT molecular complexity index is 1060. The van der Waals surface area contributed by atoms with Gasteiger partial charge in [-0.15, -0.1) is 0 Å². The predicted molar refractivity (Wildman–Crippen MR) is 114 cm³/mol. The highest BCUT2D eigenvalue weighted by Gasteiger charge is 2.47. The highest BCUT2D eigenvalue weighted by molar-refractivity contribution is 6.46. The first-order valence-corrected chi connectivity index (χ1v) is 10.3. The quantitative estimate of drug-likeness (QED) is 0.416. The number of Topliss-reactive ketones (excluding diaryl/α,β-unsaturated/α-hetero) is 1. The lowest BCUT2D eigenvalue weighted by Gasteiger charge is -2.27. The van der Waals surface area contributed by atoms with Gasteiger partial charge in [0.1, 0.15) is 17.3 Å². The molecule has 8 heteroatoms. The van der Waals surface area contributed by atoms with Crippen molar-refractivity contribution in [3.63, 3.8) is 0 Å². The van der Waals surface area contributed by atoms with E-state index in [0.717, 1.165) is 12.8 Å². The molecule has 2 saturated heterocycles. The minimum Gasteiger partial charge on any atom is -0.508 e. The van der Waals surface area contributed by atoms with Gasteiger partial charge in [0.05, 0.1) is 30.4 Å². The zero-order chi connectivity index (χ0) is 22.1. The number of aromatic hydroxyl groups is 1. The molecule has 2 aromatic carbocycles. The molecule has 2 N–H and O–H groups in total. The van der Waals surface area contributed by atoms with Gasteiger partial charge in [0.2, 0.25) is 0 Å². The highest BCUT2D eigenvalue weighted by atomic mass is 35.5. The van der Waals surface area contributed by atoms with Crippen LogP contribution in [0.5, 0.6) is 11.5 Å². The van der Waals surface area contributed by atoms with Crippen LogP contribution in [0, 0.1) is 0 Å². The second-order valence-corrected chi connectivity index (χ2v) is 7.96. The molecule has 2 fully saturated rings. The van der Waals surface area contributed by atoms with E-state index in [4.69, 9.17) is 21.1 Å². The van der Waals surface area contributed by atoms with Crippen LogP contribution in [0.2, 0.25) is 5.02 Å². The Kier molecular flexibility index (Phi) is 5.89. The first-order chi connectivity index (χ1) is 14.9. The normalized spacial score (nSPS) is 22.8. The fourth-order valence-corrected chi connectivity index (χ4v) is 4.30. The van der Waals surface area contributed by atoms with Gasteiger partial charge in [0, 0.05) is 18.2 Å². The number of benzene rings is 2. The number of hydrogen-bond donors (Lipinski definition) is 2. The minimum atomic E-state index is -0.889. The average molecular weight is 444 g/mol. The van der Waals surface area contributed by atoms with Crippen LogP contribution >= 0.6 is 11.6 Å². The number of rotatable bonds is 5. The lowest BCUT2D eigenvalue weighted by molar-refractivity contribution is -0.140. The van der Waals surface area contributed by atoms with Gasteiger partial charge < -0.3 is 24.6 Å². The summed E-state index contributed by atoms with van der Waals surface area (Å²) in [6.45, 7) is 0.805. The molecule has 0 radical (unpaired) electrons. The summed E-state index contributed by atoms with van der Waals surface area (Å²) in [4.78, 5) is 27.5. The van der Waals surface area contributed by atoms with Crippen LogP contribution in [0.3, 0.4) is 0 Å². The molecule has 2 aliphatic rings. The Morgan fingerprint density at radius 2 is 2.06 bits per heavy atom. The number of hydrogen-bond acceptors (Lipinski definition) is 6. The van der Waals surface area contributed by atoms with Gasteiger partial charge >= 0.3 is 0 Å². The van der Waals surface area contributed by atoms with E-state index in [0.29, 0.717) is 22.9 Å². The van der Waals surface area contributed by atoms with Crippen molar-refractivity contribution < 1.29 is 29.3 Å². The van der Waals surface area contributed by atoms with E-state index in [1.165, 1.54) is 30.2 Å². The third-order valence-corrected chi connectivity index (χ3v) is 5.80. The fourth-order valence-electron chi connectivity index (χ4n) is 4.13. The molecule has 2 unspecified atom stereocenters. The number of halogens is 1. The molecule has 1 amide bonds. The van der Waals surface area contributed by atoms with Crippen molar-refractivity contribution in [1.29, 1.82) is 0 Å². The number of ether oxygens (including phenoxy) is 2. The number of phenols is 1. The van der Waals surface area contributed by atoms with E-state index in [1.807, 2.05) is 0 Å². The van der Waals surface area contributed by atoms with Crippen molar-refractivity contribution >= 4 is 29.1 Å². The molecule has 162 valence electrons. The number of ketones is 1. The summed E-state index contributed by atoms with van der Waals surface area (Å²) in [5, 5.41) is 21.5. The number of amides is 1. The van der Waals surface area contributed by atoms with E-state index < -0.39 is 17.7 Å². The van der Waals surface area contributed by atoms with Crippen LogP contribution in [0.25, 0.3) is 5.76 Å². The Labute approximate surface area is 184 Å². The molecule has 31 heavy (non-hydrogen) atoms. The number of carbonyl (C=O) groups excluding carboxylic acids is 2. The van der Waals surface area contributed by atoms with E-state index in [2.05, 4.69) is 0 Å². The van der Waals surface area contributed by atoms with Gasteiger partial charge in [-0.2, -0.15) is 0 Å². The maximum absolute atomic E-state index is 13.1. The number of likely N-dealkylation sites (tertiary alicyclic amines) is 1. The molecule has 7 nitrogen and oxygen atoms in total. The monoisotopic (exact) mass is 443 g/mol. The summed E-state index contributed by atoms with van der Waals surface area (Å²) in [6.07, 6.45) is 1.46. The zero-order valence-corrected chi connectivity index (χ0v) is 17.6. The smallest absolute Gasteiger partial charge is 0.295 e. The highest BCUT2D eigenvalue weighted by Crippen LogP contribution is 2.42. The fraction of sp³-hybridized carbons (Fsp3) is 0.304. The standard InChI is InChI=1S/C23H22ClNO6/c1-30-18-8-7-14(24)11-17(18)21(27)19-20(13-4-2-5-15(26)10-13)25(23(29)22(19)28)12-16-6-3-9-31-16/h2,4-5,7-8,10-11,16,20,26-27H,3,6,9,12H2,1H3/b21-19+. The summed E-state index contributed by atoms with van der Waals surface area (Å²) >= 11 is 6.10. The molecule has 2 heterocycles. The summed E-state index contributed by atoms with van der Waals surface area (Å²) < 4.78 is 11.0. The largest absolute Gasteiger partial charge is 0.508 e. The zero-order valence-electron chi connectivity index (χ0n) is 16.9. The molecule has 0 spiro atoms. The van der Waals surface area contributed by atoms with Gasteiger partial charge in [-0.05, 0) is 48.7 Å². The van der Waals surface area contributed by atoms with E-state index >= 15 is 0 Å². The first-order valence-electron chi connectivity index (χ1n) is 9.93. The molecular formula is C23H22ClNO6. The van der Waals surface area contributed by atoms with Crippen molar-refractivity contribution in [1.82, 2.24) is 4.90 Å². The maximum atomic E-state index is 13.1. The Hall–Kier alpha value is -3.03. The second-order valence-electron chi connectivity index (χ2n) is 7.53. The second kappa shape index (κ2) is 8.61. The van der Waals surface area contributed by atoms with E-state index in [1.54, 1.807) is 24.3 Å². The lowest BCUT2D eigenvalue weighted by Crippen LogP contribution is -2.36. The Morgan fingerprint density at radius 3 is 2.74 bits per heavy atom. The SMILES string of the molecule is COc1ccc(Cl)cc1/C(O)=C1\C(=O)C(=O)N(CC2CCCO2)C1c1cccc(O)c1. The molecule has 2 aromatic rings. The Morgan fingerprint density at radius 1 is 1.26 bits per heavy atom. The average Bonchev–Trinajstić information content (AvgIpc) is 3.35. The minimum absolute atomic E-state index is 0.0134. The van der Waals surface area contributed by atoms with Crippen molar-refractivity contribution in [3.05, 3.63) is 64.2 Å². The van der Waals surface area contributed by atoms with Crippen LogP contribution in [0.15, 0.2) is 48.0 Å². The number of methoxy groups -OCH3 is 1. The van der Waals surface area contributed by atoms with Gasteiger partial charge in [-0.1, -0.05) is 23.7 Å². The Balaban J connectivity index is 1.88. The van der Waals surface area contributed by atoms with Crippen molar-refractivity contribution in [2.75, 3.05) is 20.3 Å².